The minimum Gasteiger partial charge on any atom is -0.480 e. The molecule has 0 saturated carbocycles. The fraction of sp³-hybridized carbons (Fsp3) is 0.143. The molecule has 0 fully saturated rings. The molecule has 1 aromatic carbocycles. The molecule has 6 heteroatoms. The minimum absolute atomic E-state index is 0.0613. The summed E-state index contributed by atoms with van der Waals surface area (Å²) in [5.74, 6) is -0.555. The molecule has 3 N–H and O–H groups in total. The van der Waals surface area contributed by atoms with Crippen LogP contribution in [0.4, 0.5) is 10.1 Å². The Morgan fingerprint density at radius 3 is 2.95 bits per heavy atom. The molecule has 1 amide bonds. The highest BCUT2D eigenvalue weighted by atomic mass is 19.1. The van der Waals surface area contributed by atoms with Crippen molar-refractivity contribution in [3.05, 3.63) is 53.5 Å². The van der Waals surface area contributed by atoms with Gasteiger partial charge in [0.05, 0.1) is 7.11 Å². The first-order valence-electron chi connectivity index (χ1n) is 5.94. The van der Waals surface area contributed by atoms with Crippen LogP contribution in [0.25, 0.3) is 0 Å². The average molecular weight is 275 g/mol. The monoisotopic (exact) mass is 275 g/mol. The van der Waals surface area contributed by atoms with Crippen molar-refractivity contribution in [1.82, 2.24) is 4.98 Å². The number of methoxy groups -OCH3 is 1. The van der Waals surface area contributed by atoms with Gasteiger partial charge in [-0.2, -0.15) is 0 Å². The van der Waals surface area contributed by atoms with Crippen LogP contribution in [0.3, 0.4) is 0 Å². The van der Waals surface area contributed by atoms with Gasteiger partial charge in [0.2, 0.25) is 5.88 Å². The van der Waals surface area contributed by atoms with Crippen LogP contribution in [0.1, 0.15) is 15.9 Å². The van der Waals surface area contributed by atoms with E-state index in [9.17, 15) is 9.18 Å². The Kier molecular flexibility index (Phi) is 4.27. The fourth-order valence-corrected chi connectivity index (χ4v) is 1.73. The summed E-state index contributed by atoms with van der Waals surface area (Å²) in [6, 6.07) is 7.45. The van der Waals surface area contributed by atoms with E-state index in [1.807, 2.05) is 0 Å². The van der Waals surface area contributed by atoms with Crippen LogP contribution in [0.5, 0.6) is 5.88 Å². The molecule has 0 aliphatic rings. The van der Waals surface area contributed by atoms with Gasteiger partial charge in [0.1, 0.15) is 11.4 Å². The van der Waals surface area contributed by atoms with Crippen LogP contribution in [0.15, 0.2) is 36.5 Å². The van der Waals surface area contributed by atoms with Gasteiger partial charge in [-0.05, 0) is 30.3 Å². The zero-order valence-electron chi connectivity index (χ0n) is 10.9. The summed E-state index contributed by atoms with van der Waals surface area (Å²) in [5.41, 5.74) is 6.52. The molecule has 5 nitrogen and oxygen atoms in total. The summed E-state index contributed by atoms with van der Waals surface area (Å²) in [5, 5.41) is 2.65. The summed E-state index contributed by atoms with van der Waals surface area (Å²) in [6.07, 6.45) is 1.53. The van der Waals surface area contributed by atoms with E-state index in [1.54, 1.807) is 12.1 Å². The average Bonchev–Trinajstić information content (AvgIpc) is 2.49. The molecular weight excluding hydrogens is 261 g/mol. The van der Waals surface area contributed by atoms with Crippen LogP contribution < -0.4 is 15.8 Å². The number of ether oxygens (including phenoxy) is 1. The lowest BCUT2D eigenvalue weighted by Crippen LogP contribution is -2.14. The second-order valence-corrected chi connectivity index (χ2v) is 4.02. The summed E-state index contributed by atoms with van der Waals surface area (Å²) in [4.78, 5) is 16.1. The lowest BCUT2D eigenvalue weighted by Gasteiger charge is -2.09. The Morgan fingerprint density at radius 2 is 2.25 bits per heavy atom. The van der Waals surface area contributed by atoms with Gasteiger partial charge in [-0.3, -0.25) is 4.79 Å². The van der Waals surface area contributed by atoms with Gasteiger partial charge >= 0.3 is 0 Å². The topological polar surface area (TPSA) is 77.2 Å². The Labute approximate surface area is 115 Å². The second kappa shape index (κ2) is 6.12. The van der Waals surface area contributed by atoms with Gasteiger partial charge in [0, 0.05) is 24.0 Å². The van der Waals surface area contributed by atoms with Crippen LogP contribution in [0.2, 0.25) is 0 Å². The highest BCUT2D eigenvalue weighted by Gasteiger charge is 2.13. The number of carbonyl (C=O) groups excluding carboxylic acids is 1. The first kappa shape index (κ1) is 14.0. The Balaban J connectivity index is 2.23. The molecule has 20 heavy (non-hydrogen) atoms. The molecule has 1 heterocycles. The molecule has 0 atom stereocenters. The molecule has 0 radical (unpaired) electrons. The van der Waals surface area contributed by atoms with Gasteiger partial charge in [0.15, 0.2) is 0 Å². The predicted octanol–water partition coefficient (Wildman–Crippen LogP) is 1.94. The first-order chi connectivity index (χ1) is 9.65. The van der Waals surface area contributed by atoms with E-state index in [0.717, 1.165) is 0 Å². The number of halogens is 1. The van der Waals surface area contributed by atoms with Crippen molar-refractivity contribution >= 4 is 11.6 Å². The molecule has 0 aliphatic carbocycles. The number of benzene rings is 1. The normalized spacial score (nSPS) is 10.2. The fourth-order valence-electron chi connectivity index (χ4n) is 1.73. The third kappa shape index (κ3) is 2.92. The van der Waals surface area contributed by atoms with E-state index in [0.29, 0.717) is 16.8 Å². The SMILES string of the molecule is COc1ncccc1C(=O)Nc1ccc(F)c(CN)c1. The number of amides is 1. The third-order valence-corrected chi connectivity index (χ3v) is 2.73. The zero-order valence-corrected chi connectivity index (χ0v) is 10.9. The Hall–Kier alpha value is -2.47. The van der Waals surface area contributed by atoms with E-state index in [2.05, 4.69) is 10.3 Å². The number of aromatic nitrogens is 1. The minimum atomic E-state index is -0.399. The van der Waals surface area contributed by atoms with Crippen LogP contribution in [-0.4, -0.2) is 18.0 Å². The quantitative estimate of drug-likeness (QED) is 0.894. The standard InChI is InChI=1S/C14H14FN3O2/c1-20-14-11(3-2-6-17-14)13(19)18-10-4-5-12(15)9(7-10)8-16/h2-7H,8,16H2,1H3,(H,18,19). The molecule has 0 unspecified atom stereocenters. The molecular formula is C14H14FN3O2. The summed E-state index contributed by atoms with van der Waals surface area (Å²) >= 11 is 0. The van der Waals surface area contributed by atoms with Crippen molar-refractivity contribution in [3.63, 3.8) is 0 Å². The van der Waals surface area contributed by atoms with Crippen LogP contribution in [-0.2, 0) is 6.54 Å². The molecule has 0 aliphatic heterocycles. The van der Waals surface area contributed by atoms with Crippen molar-refractivity contribution in [1.29, 1.82) is 0 Å². The lowest BCUT2D eigenvalue weighted by atomic mass is 10.1. The molecule has 2 aromatic rings. The van der Waals surface area contributed by atoms with E-state index in [4.69, 9.17) is 10.5 Å². The summed E-state index contributed by atoms with van der Waals surface area (Å²) in [6.45, 7) is 0.0613. The molecule has 0 saturated heterocycles. The van der Waals surface area contributed by atoms with Crippen LogP contribution in [0, 0.1) is 5.82 Å². The van der Waals surface area contributed by atoms with E-state index >= 15 is 0 Å². The van der Waals surface area contributed by atoms with Gasteiger partial charge in [-0.1, -0.05) is 0 Å². The smallest absolute Gasteiger partial charge is 0.261 e. The maximum absolute atomic E-state index is 13.3. The van der Waals surface area contributed by atoms with E-state index < -0.39 is 5.82 Å². The van der Waals surface area contributed by atoms with Crippen molar-refractivity contribution in [2.75, 3.05) is 12.4 Å². The van der Waals surface area contributed by atoms with Gasteiger partial charge in [0.25, 0.3) is 5.91 Å². The van der Waals surface area contributed by atoms with Crippen molar-refractivity contribution < 1.29 is 13.9 Å². The maximum Gasteiger partial charge on any atom is 0.261 e. The number of carbonyl (C=O) groups is 1. The van der Waals surface area contributed by atoms with Gasteiger partial charge in [-0.25, -0.2) is 9.37 Å². The van der Waals surface area contributed by atoms with Gasteiger partial charge in [-0.15, -0.1) is 0 Å². The highest BCUT2D eigenvalue weighted by molar-refractivity contribution is 6.05. The molecule has 0 bridgehead atoms. The highest BCUT2D eigenvalue weighted by Crippen LogP contribution is 2.18. The third-order valence-electron chi connectivity index (χ3n) is 2.73. The Bertz CT molecular complexity index is 632. The lowest BCUT2D eigenvalue weighted by molar-refractivity contribution is 0.102. The predicted molar refractivity (Wildman–Crippen MR) is 73.0 cm³/mol. The molecule has 0 spiro atoms. The number of anilines is 1. The number of nitrogens with zero attached hydrogens (tertiary/aromatic N) is 1. The first-order valence-corrected chi connectivity index (χ1v) is 5.94. The van der Waals surface area contributed by atoms with Crippen molar-refractivity contribution in [3.8, 4) is 5.88 Å². The van der Waals surface area contributed by atoms with E-state index in [1.165, 1.54) is 31.5 Å². The van der Waals surface area contributed by atoms with Gasteiger partial charge < -0.3 is 15.8 Å². The number of pyridine rings is 1. The number of nitrogens with two attached hydrogens (primary N) is 1. The van der Waals surface area contributed by atoms with Crippen molar-refractivity contribution in [2.24, 2.45) is 5.73 Å². The summed E-state index contributed by atoms with van der Waals surface area (Å²) < 4.78 is 18.3. The van der Waals surface area contributed by atoms with E-state index in [-0.39, 0.29) is 18.3 Å². The molecule has 2 rings (SSSR count). The summed E-state index contributed by atoms with van der Waals surface area (Å²) in [7, 11) is 1.43. The Morgan fingerprint density at radius 1 is 1.45 bits per heavy atom. The second-order valence-electron chi connectivity index (χ2n) is 4.02. The number of hydrogen-bond acceptors (Lipinski definition) is 4. The zero-order chi connectivity index (χ0) is 14.5. The maximum atomic E-state index is 13.3. The molecule has 104 valence electrons. The van der Waals surface area contributed by atoms with Crippen LogP contribution >= 0.6 is 0 Å². The number of rotatable bonds is 4. The number of nitrogens with one attached hydrogen (secondary N) is 1. The largest absolute Gasteiger partial charge is 0.480 e. The van der Waals surface area contributed by atoms with Crippen molar-refractivity contribution in [2.45, 2.75) is 6.54 Å². The molecule has 1 aromatic heterocycles. The number of hydrogen-bond donors (Lipinski definition) is 2.